The number of para-hydroxylation sites is 1. The molecule has 0 unspecified atom stereocenters. The summed E-state index contributed by atoms with van der Waals surface area (Å²) in [5, 5.41) is 21.5. The Labute approximate surface area is 127 Å². The molecule has 0 aromatic heterocycles. The quantitative estimate of drug-likeness (QED) is 0.631. The van der Waals surface area contributed by atoms with Crippen molar-refractivity contribution < 1.29 is 14.6 Å². The van der Waals surface area contributed by atoms with E-state index >= 15 is 0 Å². The number of anilines is 1. The number of ether oxygens (including phenoxy) is 1. The molecule has 2 heterocycles. The number of Topliss-reactive ketones (excluding diaryl/α,β-unsaturated/α-hetero) is 1. The largest absolute Gasteiger partial charge is 0.470 e. The Kier molecular flexibility index (Phi) is 3.57. The summed E-state index contributed by atoms with van der Waals surface area (Å²) in [6, 6.07) is 9.24. The number of nitrogens with zero attached hydrogens (tertiary/aromatic N) is 2. The molecule has 1 aromatic carbocycles. The Balaban J connectivity index is 1.95. The molecule has 2 aliphatic heterocycles. The maximum atomic E-state index is 12.3. The molecule has 0 bridgehead atoms. The Morgan fingerprint density at radius 3 is 3.00 bits per heavy atom. The van der Waals surface area contributed by atoms with Crippen LogP contribution in [0, 0.1) is 11.3 Å². The van der Waals surface area contributed by atoms with Gasteiger partial charge in [0.1, 0.15) is 17.7 Å². The summed E-state index contributed by atoms with van der Waals surface area (Å²) in [6.07, 6.45) is 1.14. The summed E-state index contributed by atoms with van der Waals surface area (Å²) in [5.74, 6) is 0.225. The lowest BCUT2D eigenvalue weighted by molar-refractivity contribution is 0.0963. The lowest BCUT2D eigenvalue weighted by Crippen LogP contribution is -2.19. The molecule has 6 heteroatoms. The Morgan fingerprint density at radius 2 is 2.36 bits per heavy atom. The van der Waals surface area contributed by atoms with Crippen molar-refractivity contribution in [1.29, 1.82) is 5.26 Å². The van der Waals surface area contributed by atoms with Gasteiger partial charge in [0.15, 0.2) is 0 Å². The van der Waals surface area contributed by atoms with Crippen molar-refractivity contribution in [3.05, 3.63) is 53.1 Å². The zero-order valence-corrected chi connectivity index (χ0v) is 12.0. The molecule has 112 valence electrons. The number of allylic oxidation sites excluding steroid dienone is 3. The van der Waals surface area contributed by atoms with Crippen molar-refractivity contribution in [3.63, 3.8) is 0 Å². The fourth-order valence-corrected chi connectivity index (χ4v) is 2.56. The molecule has 1 saturated heterocycles. The number of benzene rings is 1. The van der Waals surface area contributed by atoms with E-state index in [9.17, 15) is 10.1 Å². The minimum absolute atomic E-state index is 0.119. The average molecular weight is 297 g/mol. The Hall–Kier alpha value is -2.78. The average Bonchev–Trinajstić information content (AvgIpc) is 3.06. The molecule has 1 aromatic rings. The molecule has 0 aliphatic carbocycles. The number of aliphatic hydroxyl groups excluding tert-OH is 1. The fourth-order valence-electron chi connectivity index (χ4n) is 2.56. The summed E-state index contributed by atoms with van der Waals surface area (Å²) in [5.41, 5.74) is 1.91. The maximum absolute atomic E-state index is 12.3. The Bertz CT molecular complexity index is 730. The summed E-state index contributed by atoms with van der Waals surface area (Å²) in [6.45, 7) is 0.382. The van der Waals surface area contributed by atoms with Crippen LogP contribution in [-0.2, 0) is 4.74 Å². The topological polar surface area (TPSA) is 85.6 Å². The highest BCUT2D eigenvalue weighted by Crippen LogP contribution is 2.29. The number of nitriles is 1. The third-order valence-electron chi connectivity index (χ3n) is 3.63. The SMILES string of the molecule is CN1C[C@H](CO)O/C1=C(C#N)\C=C1\Nc2ccccc2C1=O. The number of ketones is 1. The van der Waals surface area contributed by atoms with Gasteiger partial charge in [-0.1, -0.05) is 12.1 Å². The van der Waals surface area contributed by atoms with Crippen LogP contribution in [0.25, 0.3) is 0 Å². The molecular formula is C16H15N3O3. The van der Waals surface area contributed by atoms with Gasteiger partial charge in [0.2, 0.25) is 11.7 Å². The number of likely N-dealkylation sites (N-methyl/N-ethyl adjacent to an activating group) is 1. The highest BCUT2D eigenvalue weighted by molar-refractivity contribution is 6.18. The van der Waals surface area contributed by atoms with Gasteiger partial charge in [0, 0.05) is 18.3 Å². The number of hydrogen-bond donors (Lipinski definition) is 2. The number of fused-ring (bicyclic) bond motifs is 1. The van der Waals surface area contributed by atoms with Gasteiger partial charge < -0.3 is 20.1 Å². The van der Waals surface area contributed by atoms with Gasteiger partial charge in [-0.3, -0.25) is 4.79 Å². The van der Waals surface area contributed by atoms with Crippen LogP contribution in [0.4, 0.5) is 5.69 Å². The zero-order valence-electron chi connectivity index (χ0n) is 12.0. The van der Waals surface area contributed by atoms with Gasteiger partial charge in [-0.2, -0.15) is 5.26 Å². The molecular weight excluding hydrogens is 282 g/mol. The van der Waals surface area contributed by atoms with Gasteiger partial charge in [0.05, 0.1) is 18.8 Å². The standard InChI is InChI=1S/C16H15N3O3/c1-19-8-11(9-20)22-16(19)10(7-17)6-14-15(21)12-4-2-3-5-13(12)18-14/h2-6,11,18,20H,8-9H2,1H3/b14-6+,16-10+/t11-/m1/s1. The normalized spacial score (nSPS) is 23.9. The van der Waals surface area contributed by atoms with Gasteiger partial charge in [-0.25, -0.2) is 0 Å². The van der Waals surface area contributed by atoms with E-state index in [1.54, 1.807) is 24.1 Å². The highest BCUT2D eigenvalue weighted by atomic mass is 16.5. The summed E-state index contributed by atoms with van der Waals surface area (Å²) < 4.78 is 5.55. The molecule has 0 radical (unpaired) electrons. The van der Waals surface area contributed by atoms with Crippen molar-refractivity contribution >= 4 is 11.5 Å². The summed E-state index contributed by atoms with van der Waals surface area (Å²) in [4.78, 5) is 14.1. The van der Waals surface area contributed by atoms with E-state index in [4.69, 9.17) is 9.84 Å². The minimum Gasteiger partial charge on any atom is -0.470 e. The van der Waals surface area contributed by atoms with Crippen LogP contribution in [-0.4, -0.2) is 42.1 Å². The molecule has 2 aliphatic rings. The van der Waals surface area contributed by atoms with Gasteiger partial charge >= 0.3 is 0 Å². The predicted molar refractivity (Wildman–Crippen MR) is 79.7 cm³/mol. The second kappa shape index (κ2) is 5.54. The van der Waals surface area contributed by atoms with E-state index in [0.29, 0.717) is 23.7 Å². The van der Waals surface area contributed by atoms with E-state index < -0.39 is 0 Å². The first-order valence-corrected chi connectivity index (χ1v) is 6.89. The smallest absolute Gasteiger partial charge is 0.211 e. The first-order chi connectivity index (χ1) is 10.6. The molecule has 0 spiro atoms. The third kappa shape index (κ3) is 2.32. The van der Waals surface area contributed by atoms with E-state index in [-0.39, 0.29) is 24.1 Å². The molecule has 0 saturated carbocycles. The van der Waals surface area contributed by atoms with Crippen LogP contribution >= 0.6 is 0 Å². The van der Waals surface area contributed by atoms with Crippen LogP contribution in [0.2, 0.25) is 0 Å². The number of aliphatic hydroxyl groups is 1. The number of nitrogens with one attached hydrogen (secondary N) is 1. The molecule has 0 amide bonds. The number of rotatable bonds is 2. The monoisotopic (exact) mass is 297 g/mol. The van der Waals surface area contributed by atoms with Crippen molar-refractivity contribution in [3.8, 4) is 6.07 Å². The van der Waals surface area contributed by atoms with Gasteiger partial charge in [0.25, 0.3) is 0 Å². The van der Waals surface area contributed by atoms with Gasteiger partial charge in [-0.15, -0.1) is 0 Å². The molecule has 1 atom stereocenters. The van der Waals surface area contributed by atoms with Crippen molar-refractivity contribution in [2.45, 2.75) is 6.10 Å². The molecule has 2 N–H and O–H groups in total. The second-order valence-electron chi connectivity index (χ2n) is 5.19. The summed E-state index contributed by atoms with van der Waals surface area (Å²) >= 11 is 0. The first kappa shape index (κ1) is 14.2. The van der Waals surface area contributed by atoms with Crippen LogP contribution in [0.3, 0.4) is 0 Å². The van der Waals surface area contributed by atoms with Crippen molar-refractivity contribution in [2.24, 2.45) is 0 Å². The maximum Gasteiger partial charge on any atom is 0.211 e. The molecule has 22 heavy (non-hydrogen) atoms. The van der Waals surface area contributed by atoms with Gasteiger partial charge in [-0.05, 0) is 18.2 Å². The fraction of sp³-hybridized carbons (Fsp3) is 0.250. The Morgan fingerprint density at radius 1 is 1.59 bits per heavy atom. The van der Waals surface area contributed by atoms with E-state index in [1.807, 2.05) is 12.1 Å². The van der Waals surface area contributed by atoms with E-state index in [2.05, 4.69) is 11.4 Å². The van der Waals surface area contributed by atoms with Crippen LogP contribution in [0.1, 0.15) is 10.4 Å². The molecule has 3 rings (SSSR count). The molecule has 1 fully saturated rings. The number of carbonyl (C=O) groups excluding carboxylic acids is 1. The van der Waals surface area contributed by atoms with E-state index in [1.165, 1.54) is 6.08 Å². The number of hydrogen-bond acceptors (Lipinski definition) is 6. The second-order valence-corrected chi connectivity index (χ2v) is 5.19. The third-order valence-corrected chi connectivity index (χ3v) is 3.63. The highest BCUT2D eigenvalue weighted by Gasteiger charge is 2.29. The van der Waals surface area contributed by atoms with Crippen LogP contribution in [0.5, 0.6) is 0 Å². The van der Waals surface area contributed by atoms with E-state index in [0.717, 1.165) is 5.69 Å². The summed E-state index contributed by atoms with van der Waals surface area (Å²) in [7, 11) is 1.78. The first-order valence-electron chi connectivity index (χ1n) is 6.89. The lowest BCUT2D eigenvalue weighted by Gasteiger charge is -2.10. The lowest BCUT2D eigenvalue weighted by atomic mass is 10.1. The number of carbonyl (C=O) groups is 1. The zero-order chi connectivity index (χ0) is 15.7. The minimum atomic E-state index is -0.355. The predicted octanol–water partition coefficient (Wildman–Crippen LogP) is 1.24. The van der Waals surface area contributed by atoms with Crippen molar-refractivity contribution in [2.75, 3.05) is 25.5 Å². The van der Waals surface area contributed by atoms with Crippen LogP contribution < -0.4 is 5.32 Å². The molecule has 6 nitrogen and oxygen atoms in total. The van der Waals surface area contributed by atoms with Crippen molar-refractivity contribution in [1.82, 2.24) is 4.90 Å². The van der Waals surface area contributed by atoms with Crippen LogP contribution in [0.15, 0.2) is 47.5 Å².